The van der Waals surface area contributed by atoms with Crippen LogP contribution in [0.4, 0.5) is 0 Å². The Kier molecular flexibility index (Phi) is 6.49. The summed E-state index contributed by atoms with van der Waals surface area (Å²) >= 11 is 3.35. The molecule has 0 spiro atoms. The molecule has 29 heavy (non-hydrogen) atoms. The minimum absolute atomic E-state index is 0.203. The van der Waals surface area contributed by atoms with Gasteiger partial charge in [-0.25, -0.2) is 8.42 Å². The van der Waals surface area contributed by atoms with Gasteiger partial charge in [-0.3, -0.25) is 0 Å². The van der Waals surface area contributed by atoms with Gasteiger partial charge in [0.05, 0.1) is 31.8 Å². The van der Waals surface area contributed by atoms with Gasteiger partial charge in [-0.05, 0) is 29.8 Å². The number of ether oxygens (including phenoxy) is 3. The smallest absolute Gasteiger partial charge is 0.189 e. The van der Waals surface area contributed by atoms with E-state index in [1.807, 2.05) is 18.2 Å². The van der Waals surface area contributed by atoms with Crippen molar-refractivity contribution in [2.24, 2.45) is 0 Å². The summed E-state index contributed by atoms with van der Waals surface area (Å²) in [6.45, 7) is 0. The Bertz CT molecular complexity index is 1050. The molecule has 1 atom stereocenters. The highest BCUT2D eigenvalue weighted by Gasteiger charge is 2.36. The summed E-state index contributed by atoms with van der Waals surface area (Å²) in [7, 11) is 0.683. The third kappa shape index (κ3) is 4.26. The molecule has 0 amide bonds. The van der Waals surface area contributed by atoms with Crippen LogP contribution in [0.25, 0.3) is 0 Å². The molecule has 1 unspecified atom stereocenters. The van der Waals surface area contributed by atoms with Crippen molar-refractivity contribution in [1.82, 2.24) is 0 Å². The van der Waals surface area contributed by atoms with Gasteiger partial charge in [0.1, 0.15) is 22.5 Å². The van der Waals surface area contributed by atoms with E-state index in [9.17, 15) is 8.42 Å². The molecule has 0 aliphatic heterocycles. The van der Waals surface area contributed by atoms with Crippen LogP contribution in [-0.4, -0.2) is 29.7 Å². The van der Waals surface area contributed by atoms with E-state index in [4.69, 9.17) is 14.2 Å². The Hall–Kier alpha value is -2.51. The van der Waals surface area contributed by atoms with Gasteiger partial charge in [0.2, 0.25) is 0 Å². The molecule has 0 saturated carbocycles. The van der Waals surface area contributed by atoms with Crippen LogP contribution >= 0.6 is 15.9 Å². The first-order valence-corrected chi connectivity index (χ1v) is 11.1. The van der Waals surface area contributed by atoms with Crippen molar-refractivity contribution in [3.8, 4) is 17.2 Å². The zero-order chi connectivity index (χ0) is 21.0. The van der Waals surface area contributed by atoms with Crippen LogP contribution in [0.5, 0.6) is 17.2 Å². The van der Waals surface area contributed by atoms with Gasteiger partial charge in [0, 0.05) is 16.6 Å². The number of benzene rings is 3. The molecule has 0 heterocycles. The third-order valence-corrected chi connectivity index (χ3v) is 7.16. The lowest BCUT2D eigenvalue weighted by molar-refractivity contribution is 0.369. The molecule has 0 fully saturated rings. The van der Waals surface area contributed by atoms with E-state index < -0.39 is 15.1 Å². The molecule has 3 rings (SSSR count). The van der Waals surface area contributed by atoms with Crippen LogP contribution in [0.15, 0.2) is 76.1 Å². The number of hydrogen-bond donors (Lipinski definition) is 0. The zero-order valence-corrected chi connectivity index (χ0v) is 18.7. The number of sulfone groups is 1. The molecule has 0 bridgehead atoms. The highest BCUT2D eigenvalue weighted by Crippen LogP contribution is 2.46. The Morgan fingerprint density at radius 1 is 0.793 bits per heavy atom. The molecule has 3 aromatic carbocycles. The molecule has 0 aliphatic rings. The van der Waals surface area contributed by atoms with E-state index in [0.717, 1.165) is 4.47 Å². The lowest BCUT2D eigenvalue weighted by atomic mass is 10.0. The van der Waals surface area contributed by atoms with Crippen molar-refractivity contribution in [2.45, 2.75) is 10.1 Å². The van der Waals surface area contributed by atoms with Crippen LogP contribution in [0.2, 0.25) is 0 Å². The Morgan fingerprint density at radius 2 is 1.34 bits per heavy atom. The van der Waals surface area contributed by atoms with Crippen LogP contribution in [0.1, 0.15) is 16.4 Å². The third-order valence-electron chi connectivity index (χ3n) is 4.57. The van der Waals surface area contributed by atoms with E-state index in [-0.39, 0.29) is 4.90 Å². The Labute approximate surface area is 179 Å². The SMILES string of the molecule is COc1cc(OC)c(C(c2ccccc2)S(=O)(=O)c2ccc(Br)cc2)c(OC)c1. The minimum Gasteiger partial charge on any atom is -0.496 e. The maximum atomic E-state index is 13.8. The normalized spacial score (nSPS) is 12.3. The van der Waals surface area contributed by atoms with Gasteiger partial charge in [-0.15, -0.1) is 0 Å². The monoisotopic (exact) mass is 476 g/mol. The van der Waals surface area contributed by atoms with E-state index in [2.05, 4.69) is 15.9 Å². The van der Waals surface area contributed by atoms with Gasteiger partial charge in [-0.2, -0.15) is 0 Å². The minimum atomic E-state index is -3.83. The maximum absolute atomic E-state index is 13.8. The number of methoxy groups -OCH3 is 3. The zero-order valence-electron chi connectivity index (χ0n) is 16.3. The van der Waals surface area contributed by atoms with Crippen molar-refractivity contribution < 1.29 is 22.6 Å². The first-order chi connectivity index (χ1) is 13.9. The molecule has 0 radical (unpaired) electrons. The highest BCUT2D eigenvalue weighted by molar-refractivity contribution is 9.10. The summed E-state index contributed by atoms with van der Waals surface area (Å²) < 4.78 is 44.8. The molecular weight excluding hydrogens is 456 g/mol. The van der Waals surface area contributed by atoms with Crippen LogP contribution < -0.4 is 14.2 Å². The van der Waals surface area contributed by atoms with Gasteiger partial charge in [-0.1, -0.05) is 46.3 Å². The average molecular weight is 477 g/mol. The molecule has 7 heteroatoms. The van der Waals surface area contributed by atoms with Crippen LogP contribution in [0.3, 0.4) is 0 Å². The second kappa shape index (κ2) is 8.88. The number of halogens is 1. The second-order valence-electron chi connectivity index (χ2n) is 6.24. The van der Waals surface area contributed by atoms with Crippen molar-refractivity contribution >= 4 is 25.8 Å². The van der Waals surface area contributed by atoms with E-state index in [1.165, 1.54) is 21.3 Å². The molecule has 3 aromatic rings. The summed E-state index contributed by atoms with van der Waals surface area (Å²) in [6.07, 6.45) is 0. The summed E-state index contributed by atoms with van der Waals surface area (Å²) in [6, 6.07) is 18.9. The number of rotatable bonds is 7. The molecule has 0 saturated heterocycles. The van der Waals surface area contributed by atoms with Gasteiger partial charge >= 0.3 is 0 Å². The largest absolute Gasteiger partial charge is 0.496 e. The lowest BCUT2D eigenvalue weighted by Crippen LogP contribution is -2.17. The van der Waals surface area contributed by atoms with E-state index in [0.29, 0.717) is 28.4 Å². The highest BCUT2D eigenvalue weighted by atomic mass is 79.9. The maximum Gasteiger partial charge on any atom is 0.189 e. The Morgan fingerprint density at radius 3 is 1.83 bits per heavy atom. The fourth-order valence-electron chi connectivity index (χ4n) is 3.18. The molecular formula is C22H21BrO5S. The van der Waals surface area contributed by atoms with Crippen molar-refractivity contribution in [3.05, 3.63) is 82.3 Å². The topological polar surface area (TPSA) is 61.8 Å². The Balaban J connectivity index is 2.33. The van der Waals surface area contributed by atoms with Crippen LogP contribution in [0, 0.1) is 0 Å². The fourth-order valence-corrected chi connectivity index (χ4v) is 5.29. The van der Waals surface area contributed by atoms with E-state index in [1.54, 1.807) is 48.5 Å². The predicted molar refractivity (Wildman–Crippen MR) is 116 cm³/mol. The summed E-state index contributed by atoms with van der Waals surface area (Å²) in [4.78, 5) is 0.203. The fraction of sp³-hybridized carbons (Fsp3) is 0.182. The van der Waals surface area contributed by atoms with Crippen LogP contribution in [-0.2, 0) is 9.84 Å². The van der Waals surface area contributed by atoms with Crippen molar-refractivity contribution in [1.29, 1.82) is 0 Å². The quantitative estimate of drug-likeness (QED) is 0.477. The molecule has 0 aromatic heterocycles. The first kappa shape index (κ1) is 21.2. The second-order valence-corrected chi connectivity index (χ2v) is 9.18. The summed E-state index contributed by atoms with van der Waals surface area (Å²) in [5, 5.41) is -1.03. The first-order valence-electron chi connectivity index (χ1n) is 8.76. The molecule has 5 nitrogen and oxygen atoms in total. The van der Waals surface area contributed by atoms with Crippen molar-refractivity contribution in [2.75, 3.05) is 21.3 Å². The van der Waals surface area contributed by atoms with E-state index >= 15 is 0 Å². The average Bonchev–Trinajstić information content (AvgIpc) is 2.74. The lowest BCUT2D eigenvalue weighted by Gasteiger charge is -2.24. The predicted octanol–water partition coefficient (Wildman–Crippen LogP) is 5.04. The summed E-state index contributed by atoms with van der Waals surface area (Å²) in [5.74, 6) is 1.25. The number of hydrogen-bond acceptors (Lipinski definition) is 5. The van der Waals surface area contributed by atoms with Crippen molar-refractivity contribution in [3.63, 3.8) is 0 Å². The molecule has 0 aliphatic carbocycles. The van der Waals surface area contributed by atoms with Gasteiger partial charge in [0.15, 0.2) is 9.84 Å². The van der Waals surface area contributed by atoms with Gasteiger partial charge in [0.25, 0.3) is 0 Å². The summed E-state index contributed by atoms with van der Waals surface area (Å²) in [5.41, 5.74) is 1.03. The molecule has 152 valence electrons. The molecule has 0 N–H and O–H groups in total. The standard InChI is InChI=1S/C22H21BrO5S/c1-26-17-13-19(27-2)21(20(14-17)28-3)22(15-7-5-4-6-8-15)29(24,25)18-11-9-16(23)10-12-18/h4-14,22H,1-3H3. The van der Waals surface area contributed by atoms with Gasteiger partial charge < -0.3 is 14.2 Å².